The van der Waals surface area contributed by atoms with E-state index < -0.39 is 6.10 Å². The van der Waals surface area contributed by atoms with Crippen LogP contribution in [0.4, 0.5) is 5.13 Å². The molecular weight excluding hydrogens is 234 g/mol. The fourth-order valence-electron chi connectivity index (χ4n) is 1.48. The fourth-order valence-corrected chi connectivity index (χ4v) is 2.35. The summed E-state index contributed by atoms with van der Waals surface area (Å²) in [5, 5.41) is 12.2. The minimum atomic E-state index is -0.508. The topological polar surface area (TPSA) is 49.2 Å². The third kappa shape index (κ3) is 3.01. The van der Waals surface area contributed by atoms with Crippen molar-refractivity contribution in [2.75, 3.05) is 11.9 Å². The molecule has 1 atom stereocenters. The van der Waals surface area contributed by atoms with Crippen LogP contribution in [0.2, 0.25) is 0 Å². The molecule has 0 aromatic carbocycles. The standard InChI is InChI=1S/C12H15N3OS/c1-9(16)11-8-17-12(14-11)15(2)7-10-4-3-5-13-6-10/h3-6,8-9,16H,7H2,1-2H3. The van der Waals surface area contributed by atoms with E-state index in [2.05, 4.69) is 9.97 Å². The third-order valence-electron chi connectivity index (χ3n) is 2.41. The number of nitrogens with zero attached hydrogens (tertiary/aromatic N) is 3. The minimum absolute atomic E-state index is 0.508. The highest BCUT2D eigenvalue weighted by Gasteiger charge is 2.10. The highest BCUT2D eigenvalue weighted by atomic mass is 32.1. The number of pyridine rings is 1. The van der Waals surface area contributed by atoms with E-state index in [-0.39, 0.29) is 0 Å². The summed E-state index contributed by atoms with van der Waals surface area (Å²) in [5.74, 6) is 0. The van der Waals surface area contributed by atoms with Crippen molar-refractivity contribution in [2.45, 2.75) is 19.6 Å². The molecule has 0 fully saturated rings. The Kier molecular flexibility index (Phi) is 3.71. The predicted molar refractivity (Wildman–Crippen MR) is 69.1 cm³/mol. The number of thiazole rings is 1. The second-order valence-electron chi connectivity index (χ2n) is 3.95. The molecule has 0 spiro atoms. The molecule has 1 unspecified atom stereocenters. The normalized spacial score (nSPS) is 12.4. The molecule has 2 heterocycles. The van der Waals surface area contributed by atoms with Gasteiger partial charge in [0.25, 0.3) is 0 Å². The van der Waals surface area contributed by atoms with Crippen molar-refractivity contribution in [3.8, 4) is 0 Å². The van der Waals surface area contributed by atoms with E-state index in [0.29, 0.717) is 0 Å². The average molecular weight is 249 g/mol. The minimum Gasteiger partial charge on any atom is -0.387 e. The number of rotatable bonds is 4. The molecule has 4 nitrogen and oxygen atoms in total. The summed E-state index contributed by atoms with van der Waals surface area (Å²) in [6.07, 6.45) is 3.10. The van der Waals surface area contributed by atoms with E-state index in [1.165, 1.54) is 11.3 Å². The zero-order chi connectivity index (χ0) is 12.3. The van der Waals surface area contributed by atoms with Gasteiger partial charge in [0.15, 0.2) is 5.13 Å². The van der Waals surface area contributed by atoms with Crippen LogP contribution in [0.3, 0.4) is 0 Å². The van der Waals surface area contributed by atoms with E-state index in [1.54, 1.807) is 13.1 Å². The number of hydrogen-bond acceptors (Lipinski definition) is 5. The Balaban J connectivity index is 2.07. The van der Waals surface area contributed by atoms with Crippen LogP contribution in [0.25, 0.3) is 0 Å². The summed E-state index contributed by atoms with van der Waals surface area (Å²) >= 11 is 1.54. The molecule has 0 saturated heterocycles. The van der Waals surface area contributed by atoms with Gasteiger partial charge in [0.1, 0.15) is 0 Å². The Morgan fingerprint density at radius 3 is 2.94 bits per heavy atom. The smallest absolute Gasteiger partial charge is 0.185 e. The van der Waals surface area contributed by atoms with E-state index in [1.807, 2.05) is 35.7 Å². The third-order valence-corrected chi connectivity index (χ3v) is 3.38. The molecule has 90 valence electrons. The molecule has 0 amide bonds. The van der Waals surface area contributed by atoms with Crippen molar-refractivity contribution < 1.29 is 5.11 Å². The van der Waals surface area contributed by atoms with Gasteiger partial charge in [-0.2, -0.15) is 0 Å². The molecule has 0 aliphatic heterocycles. The monoisotopic (exact) mass is 249 g/mol. The maximum Gasteiger partial charge on any atom is 0.185 e. The van der Waals surface area contributed by atoms with Gasteiger partial charge in [0.2, 0.25) is 0 Å². The van der Waals surface area contributed by atoms with Crippen molar-refractivity contribution in [1.29, 1.82) is 0 Å². The average Bonchev–Trinajstić information content (AvgIpc) is 2.79. The Labute approximate surface area is 105 Å². The van der Waals surface area contributed by atoms with Crippen molar-refractivity contribution in [3.63, 3.8) is 0 Å². The molecule has 1 N–H and O–H groups in total. The van der Waals surface area contributed by atoms with Gasteiger partial charge in [-0.05, 0) is 18.6 Å². The molecule has 0 aliphatic carbocycles. The Bertz CT molecular complexity index is 470. The summed E-state index contributed by atoms with van der Waals surface area (Å²) in [7, 11) is 1.98. The molecule has 0 saturated carbocycles. The Morgan fingerprint density at radius 1 is 1.53 bits per heavy atom. The lowest BCUT2D eigenvalue weighted by atomic mass is 10.3. The number of aliphatic hydroxyl groups excluding tert-OH is 1. The van der Waals surface area contributed by atoms with Crippen LogP contribution < -0.4 is 4.90 Å². The van der Waals surface area contributed by atoms with Crippen LogP contribution in [0.15, 0.2) is 29.9 Å². The lowest BCUT2D eigenvalue weighted by Gasteiger charge is -2.15. The van der Waals surface area contributed by atoms with Crippen LogP contribution in [0.1, 0.15) is 24.3 Å². The van der Waals surface area contributed by atoms with Gasteiger partial charge in [-0.3, -0.25) is 4.98 Å². The summed E-state index contributed by atoms with van der Waals surface area (Å²) in [5.41, 5.74) is 1.87. The molecule has 0 bridgehead atoms. The first-order valence-electron chi connectivity index (χ1n) is 5.40. The van der Waals surface area contributed by atoms with Gasteiger partial charge in [-0.1, -0.05) is 6.07 Å². The zero-order valence-electron chi connectivity index (χ0n) is 9.87. The van der Waals surface area contributed by atoms with Gasteiger partial charge in [-0.15, -0.1) is 11.3 Å². The van der Waals surface area contributed by atoms with E-state index in [0.717, 1.165) is 22.9 Å². The number of aromatic nitrogens is 2. The number of anilines is 1. The van der Waals surface area contributed by atoms with Crippen molar-refractivity contribution in [3.05, 3.63) is 41.2 Å². The summed E-state index contributed by atoms with van der Waals surface area (Å²) in [6.45, 7) is 2.49. The van der Waals surface area contributed by atoms with Gasteiger partial charge < -0.3 is 10.0 Å². The van der Waals surface area contributed by atoms with Crippen molar-refractivity contribution in [2.24, 2.45) is 0 Å². The molecule has 5 heteroatoms. The molecule has 0 aliphatic rings. The lowest BCUT2D eigenvalue weighted by molar-refractivity contribution is 0.195. The highest BCUT2D eigenvalue weighted by molar-refractivity contribution is 7.13. The predicted octanol–water partition coefficient (Wildman–Crippen LogP) is 2.23. The maximum absolute atomic E-state index is 9.42. The number of aliphatic hydroxyl groups is 1. The maximum atomic E-state index is 9.42. The van der Waals surface area contributed by atoms with Crippen LogP contribution in [0, 0.1) is 0 Å². The molecule has 0 radical (unpaired) electrons. The Morgan fingerprint density at radius 2 is 2.35 bits per heavy atom. The van der Waals surface area contributed by atoms with Gasteiger partial charge in [-0.25, -0.2) is 4.98 Å². The molecular formula is C12H15N3OS. The zero-order valence-corrected chi connectivity index (χ0v) is 10.7. The van der Waals surface area contributed by atoms with Crippen LogP contribution in [-0.2, 0) is 6.54 Å². The highest BCUT2D eigenvalue weighted by Crippen LogP contribution is 2.24. The summed E-state index contributed by atoms with van der Waals surface area (Å²) in [6, 6.07) is 3.96. The van der Waals surface area contributed by atoms with Crippen LogP contribution in [0.5, 0.6) is 0 Å². The second-order valence-corrected chi connectivity index (χ2v) is 4.78. The first-order valence-corrected chi connectivity index (χ1v) is 6.28. The van der Waals surface area contributed by atoms with Crippen LogP contribution >= 0.6 is 11.3 Å². The van der Waals surface area contributed by atoms with Crippen molar-refractivity contribution in [1.82, 2.24) is 9.97 Å². The molecule has 2 rings (SSSR count). The first kappa shape index (κ1) is 12.0. The summed E-state index contributed by atoms with van der Waals surface area (Å²) < 4.78 is 0. The fraction of sp³-hybridized carbons (Fsp3) is 0.333. The van der Waals surface area contributed by atoms with Crippen molar-refractivity contribution >= 4 is 16.5 Å². The van der Waals surface area contributed by atoms with Crippen LogP contribution in [-0.4, -0.2) is 22.1 Å². The van der Waals surface area contributed by atoms with E-state index in [4.69, 9.17) is 0 Å². The van der Waals surface area contributed by atoms with Gasteiger partial charge in [0, 0.05) is 31.4 Å². The molecule has 2 aromatic heterocycles. The van der Waals surface area contributed by atoms with Gasteiger partial charge >= 0.3 is 0 Å². The van der Waals surface area contributed by atoms with Gasteiger partial charge in [0.05, 0.1) is 11.8 Å². The largest absolute Gasteiger partial charge is 0.387 e. The Hall–Kier alpha value is -1.46. The quantitative estimate of drug-likeness (QED) is 0.902. The van der Waals surface area contributed by atoms with E-state index >= 15 is 0 Å². The van der Waals surface area contributed by atoms with E-state index in [9.17, 15) is 5.11 Å². The SMILES string of the molecule is CC(O)c1csc(N(C)Cc2cccnc2)n1. The molecule has 17 heavy (non-hydrogen) atoms. The molecule has 2 aromatic rings. The second kappa shape index (κ2) is 5.25. The number of hydrogen-bond donors (Lipinski definition) is 1. The first-order chi connectivity index (χ1) is 8.16. The lowest BCUT2D eigenvalue weighted by Crippen LogP contribution is -2.16. The summed E-state index contributed by atoms with van der Waals surface area (Å²) in [4.78, 5) is 10.5.